The molecule has 47 heavy (non-hydrogen) atoms. The summed E-state index contributed by atoms with van der Waals surface area (Å²) < 4.78 is 24.8. The molecule has 4 aromatic carbocycles. The summed E-state index contributed by atoms with van der Waals surface area (Å²) in [6.07, 6.45) is 1.76. The van der Waals surface area contributed by atoms with Crippen LogP contribution in [0.3, 0.4) is 0 Å². The lowest BCUT2D eigenvalue weighted by Gasteiger charge is -2.26. The maximum atomic E-state index is 14.4. The molecular weight excluding hydrogens is 636 g/mol. The van der Waals surface area contributed by atoms with Gasteiger partial charge >= 0.3 is 5.97 Å². The van der Waals surface area contributed by atoms with Crippen LogP contribution in [0.2, 0.25) is 5.02 Å². The number of halogens is 1. The van der Waals surface area contributed by atoms with E-state index in [1.165, 1.54) is 11.3 Å². The third kappa shape index (κ3) is 6.58. The highest BCUT2D eigenvalue weighted by atomic mass is 35.5. The van der Waals surface area contributed by atoms with Crippen LogP contribution in [0, 0.1) is 0 Å². The zero-order chi connectivity index (χ0) is 32.9. The van der Waals surface area contributed by atoms with Crippen molar-refractivity contribution >= 4 is 40.7 Å². The van der Waals surface area contributed by atoms with E-state index < -0.39 is 12.0 Å². The molecule has 1 aliphatic rings. The number of benzene rings is 4. The van der Waals surface area contributed by atoms with Crippen LogP contribution in [-0.4, -0.2) is 31.4 Å². The summed E-state index contributed by atoms with van der Waals surface area (Å²) in [6.45, 7) is 2.15. The highest BCUT2D eigenvalue weighted by Crippen LogP contribution is 2.36. The normalized spacial score (nSPS) is 14.3. The Bertz CT molecular complexity index is 2140. The Hall–Kier alpha value is -5.12. The van der Waals surface area contributed by atoms with Crippen LogP contribution in [-0.2, 0) is 16.1 Å². The second-order valence-electron chi connectivity index (χ2n) is 10.5. The van der Waals surface area contributed by atoms with E-state index in [-0.39, 0.29) is 24.3 Å². The van der Waals surface area contributed by atoms with Crippen LogP contribution in [0.15, 0.2) is 112 Å². The first-order chi connectivity index (χ1) is 22.9. The highest BCUT2D eigenvalue weighted by molar-refractivity contribution is 7.07. The van der Waals surface area contributed by atoms with Gasteiger partial charge in [0.05, 0.1) is 42.7 Å². The Morgan fingerprint density at radius 3 is 2.43 bits per heavy atom. The third-order valence-electron chi connectivity index (χ3n) is 7.59. The Morgan fingerprint density at radius 1 is 0.957 bits per heavy atom. The van der Waals surface area contributed by atoms with Gasteiger partial charge in [-0.05, 0) is 54.5 Å². The number of ether oxygens (including phenoxy) is 4. The number of para-hydroxylation sites is 1. The SMILES string of the molecule is CCOC(=O)C1=C(c2ccccc2)N=c2s/c(=C\c3cccc(OC)c3OCc3cccc(Cl)c3)c(=O)n2[C@@H]1c1ccc(OC)cc1. The smallest absolute Gasteiger partial charge is 0.338 e. The number of nitrogens with zero attached hydrogens (tertiary/aromatic N) is 2. The van der Waals surface area contributed by atoms with E-state index in [2.05, 4.69) is 0 Å². The maximum Gasteiger partial charge on any atom is 0.338 e. The van der Waals surface area contributed by atoms with E-state index in [1.54, 1.807) is 56.1 Å². The maximum absolute atomic E-state index is 14.4. The van der Waals surface area contributed by atoms with Crippen molar-refractivity contribution in [2.45, 2.75) is 19.6 Å². The van der Waals surface area contributed by atoms with Gasteiger partial charge in [0.1, 0.15) is 12.4 Å². The molecule has 0 unspecified atom stereocenters. The Labute approximate surface area is 280 Å². The molecule has 1 aliphatic heterocycles. The third-order valence-corrected chi connectivity index (χ3v) is 8.81. The summed E-state index contributed by atoms with van der Waals surface area (Å²) in [5.74, 6) is 1.09. The van der Waals surface area contributed by atoms with Crippen molar-refractivity contribution in [3.63, 3.8) is 0 Å². The van der Waals surface area contributed by atoms with E-state index in [1.807, 2.05) is 72.8 Å². The van der Waals surface area contributed by atoms with Crippen molar-refractivity contribution in [1.29, 1.82) is 0 Å². The number of hydrogen-bond donors (Lipinski definition) is 0. The minimum absolute atomic E-state index is 0.165. The first-order valence-corrected chi connectivity index (χ1v) is 16.1. The number of fused-ring (bicyclic) bond motifs is 1. The molecule has 0 radical (unpaired) electrons. The number of carbonyl (C=O) groups excluding carboxylic acids is 1. The zero-order valence-corrected chi connectivity index (χ0v) is 27.5. The molecule has 0 amide bonds. The summed E-state index contributed by atoms with van der Waals surface area (Å²) in [5.41, 5.74) is 3.37. The molecular formula is C37H31ClN2O6S. The molecule has 1 atom stereocenters. The molecule has 0 fully saturated rings. The quantitative estimate of drug-likeness (QED) is 0.165. The summed E-state index contributed by atoms with van der Waals surface area (Å²) in [5, 5.41) is 0.607. The van der Waals surface area contributed by atoms with Gasteiger partial charge in [0.25, 0.3) is 5.56 Å². The molecule has 2 heterocycles. The van der Waals surface area contributed by atoms with E-state index in [4.69, 9.17) is 35.5 Å². The molecule has 6 rings (SSSR count). The number of aromatic nitrogens is 1. The van der Waals surface area contributed by atoms with Crippen LogP contribution >= 0.6 is 22.9 Å². The van der Waals surface area contributed by atoms with Crippen LogP contribution in [0.5, 0.6) is 17.2 Å². The average molecular weight is 667 g/mol. The standard InChI is InChI=1S/C37H31ClN2O6S/c1-4-45-36(42)31-32(24-11-6-5-7-12-24)39-37-40(33(31)25-16-18-28(43-2)19-17-25)35(41)30(47-37)21-26-13-9-15-29(44-3)34(26)46-22-23-10-8-14-27(38)20-23/h5-21,33H,4,22H2,1-3H3/b30-21-/t33-/m1/s1. The first kappa shape index (κ1) is 31.8. The van der Waals surface area contributed by atoms with Crippen LogP contribution in [0.1, 0.15) is 35.2 Å². The summed E-state index contributed by atoms with van der Waals surface area (Å²) in [7, 11) is 3.15. The lowest BCUT2D eigenvalue weighted by atomic mass is 9.93. The fourth-order valence-corrected chi connectivity index (χ4v) is 6.63. The van der Waals surface area contributed by atoms with Crippen molar-refractivity contribution in [3.8, 4) is 17.2 Å². The van der Waals surface area contributed by atoms with Crippen LogP contribution < -0.4 is 29.1 Å². The van der Waals surface area contributed by atoms with Crippen molar-refractivity contribution in [2.24, 2.45) is 4.99 Å². The molecule has 0 spiro atoms. The lowest BCUT2D eigenvalue weighted by molar-refractivity contribution is -0.138. The van der Waals surface area contributed by atoms with Gasteiger partial charge in [0.15, 0.2) is 16.3 Å². The molecule has 238 valence electrons. The predicted molar refractivity (Wildman–Crippen MR) is 183 cm³/mol. The molecule has 0 saturated heterocycles. The second-order valence-corrected chi connectivity index (χ2v) is 11.9. The minimum Gasteiger partial charge on any atom is -0.497 e. The van der Waals surface area contributed by atoms with E-state index >= 15 is 0 Å². The molecule has 0 saturated carbocycles. The molecule has 1 aromatic heterocycles. The second kappa shape index (κ2) is 14.1. The monoisotopic (exact) mass is 666 g/mol. The van der Waals surface area contributed by atoms with E-state index in [0.29, 0.717) is 48.4 Å². The van der Waals surface area contributed by atoms with Gasteiger partial charge in [0, 0.05) is 16.1 Å². The van der Waals surface area contributed by atoms with Gasteiger partial charge in [0.2, 0.25) is 0 Å². The van der Waals surface area contributed by atoms with Crippen molar-refractivity contribution in [2.75, 3.05) is 20.8 Å². The summed E-state index contributed by atoms with van der Waals surface area (Å²) in [6, 6.07) is 28.8. The minimum atomic E-state index is -0.808. The van der Waals surface area contributed by atoms with E-state index in [9.17, 15) is 9.59 Å². The number of hydrogen-bond acceptors (Lipinski definition) is 8. The van der Waals surface area contributed by atoms with Gasteiger partial charge in [-0.1, -0.05) is 89.7 Å². The van der Waals surface area contributed by atoms with Gasteiger partial charge < -0.3 is 18.9 Å². The topological polar surface area (TPSA) is 88.4 Å². The van der Waals surface area contributed by atoms with Crippen molar-refractivity contribution in [1.82, 2.24) is 4.57 Å². The summed E-state index contributed by atoms with van der Waals surface area (Å²) in [4.78, 5) is 33.4. The number of esters is 1. The lowest BCUT2D eigenvalue weighted by Crippen LogP contribution is -2.40. The fraction of sp³-hybridized carbons (Fsp3) is 0.162. The van der Waals surface area contributed by atoms with Crippen LogP contribution in [0.4, 0.5) is 0 Å². The molecule has 0 aliphatic carbocycles. The van der Waals surface area contributed by atoms with Crippen LogP contribution in [0.25, 0.3) is 11.8 Å². The first-order valence-electron chi connectivity index (χ1n) is 14.9. The number of rotatable bonds is 10. The number of carbonyl (C=O) groups is 1. The predicted octanol–water partition coefficient (Wildman–Crippen LogP) is 6.19. The van der Waals surface area contributed by atoms with Gasteiger partial charge in [-0.3, -0.25) is 9.36 Å². The zero-order valence-electron chi connectivity index (χ0n) is 25.9. The molecule has 8 nitrogen and oxygen atoms in total. The summed E-state index contributed by atoms with van der Waals surface area (Å²) >= 11 is 7.42. The Kier molecular flexibility index (Phi) is 9.56. The fourth-order valence-electron chi connectivity index (χ4n) is 5.43. The van der Waals surface area contributed by atoms with Gasteiger partial charge in [-0.15, -0.1) is 0 Å². The molecule has 0 bridgehead atoms. The molecule has 5 aromatic rings. The van der Waals surface area contributed by atoms with E-state index in [0.717, 1.165) is 11.1 Å². The van der Waals surface area contributed by atoms with Gasteiger partial charge in [-0.25, -0.2) is 9.79 Å². The van der Waals surface area contributed by atoms with Gasteiger partial charge in [-0.2, -0.15) is 0 Å². The largest absolute Gasteiger partial charge is 0.497 e. The molecule has 10 heteroatoms. The Balaban J connectivity index is 1.55. The average Bonchev–Trinajstić information content (AvgIpc) is 3.41. The van der Waals surface area contributed by atoms with Crippen molar-refractivity contribution < 1.29 is 23.7 Å². The van der Waals surface area contributed by atoms with Crippen molar-refractivity contribution in [3.05, 3.63) is 150 Å². The molecule has 0 N–H and O–H groups in total. The number of thiazole rings is 1. The Morgan fingerprint density at radius 2 is 1.72 bits per heavy atom. The number of methoxy groups -OCH3 is 2. The highest BCUT2D eigenvalue weighted by Gasteiger charge is 2.35.